The van der Waals surface area contributed by atoms with Crippen LogP contribution in [-0.2, 0) is 13.1 Å². The van der Waals surface area contributed by atoms with E-state index in [9.17, 15) is 0 Å². The lowest BCUT2D eigenvalue weighted by Gasteiger charge is -2.29. The number of halogens is 2. The summed E-state index contributed by atoms with van der Waals surface area (Å²) in [6, 6.07) is 7.84. The number of hydrogen-bond donors (Lipinski definition) is 1. The van der Waals surface area contributed by atoms with Crippen molar-refractivity contribution in [1.29, 1.82) is 0 Å². The van der Waals surface area contributed by atoms with Gasteiger partial charge in [0.15, 0.2) is 5.82 Å². The zero-order valence-electron chi connectivity index (χ0n) is 15.8. The van der Waals surface area contributed by atoms with Gasteiger partial charge < -0.3 is 10.1 Å². The maximum absolute atomic E-state index is 6.22. The Morgan fingerprint density at radius 1 is 0.966 bits per heavy atom. The van der Waals surface area contributed by atoms with Gasteiger partial charge in [0, 0.05) is 29.7 Å². The third-order valence-corrected chi connectivity index (χ3v) is 6.10. The van der Waals surface area contributed by atoms with E-state index in [-0.39, 0.29) is 6.10 Å². The number of ether oxygens (including phenoxy) is 1. The van der Waals surface area contributed by atoms with Crippen LogP contribution in [0.5, 0.6) is 5.75 Å². The van der Waals surface area contributed by atoms with Gasteiger partial charge in [0.2, 0.25) is 0 Å². The highest BCUT2D eigenvalue weighted by Crippen LogP contribution is 2.36. The zero-order chi connectivity index (χ0) is 19.8. The minimum absolute atomic E-state index is 0.172. The van der Waals surface area contributed by atoms with E-state index in [4.69, 9.17) is 27.9 Å². The number of nitrogens with one attached hydrogen (secondary N) is 1. The molecule has 0 atom stereocenters. The molecule has 1 N–H and O–H groups in total. The number of aromatic nitrogens is 4. The van der Waals surface area contributed by atoms with Gasteiger partial charge in [-0.25, -0.2) is 0 Å². The van der Waals surface area contributed by atoms with E-state index in [0.717, 1.165) is 60.3 Å². The molecule has 0 unspecified atom stereocenters. The predicted octanol–water partition coefficient (Wildman–Crippen LogP) is 4.68. The molecule has 29 heavy (non-hydrogen) atoms. The Morgan fingerprint density at radius 2 is 1.83 bits per heavy atom. The van der Waals surface area contributed by atoms with E-state index < -0.39 is 0 Å². The summed E-state index contributed by atoms with van der Waals surface area (Å²) in [5, 5.41) is 13.8. The monoisotopic (exact) mass is 429 g/mol. The molecular formula is C21H21Cl2N5O. The Kier molecular flexibility index (Phi) is 5.16. The summed E-state index contributed by atoms with van der Waals surface area (Å²) < 4.78 is 8.31. The molecule has 3 aromatic rings. The standard InChI is InChI=1S/C21H21Cl2N5O/c22-15-3-6-19-14(7-15)9-24-12-20-26-27-21(28(19)20)13-1-4-17(5-2-13)29-18-8-16(23)10-25-11-18/h3,6-8,10-11,13,17,24H,1-2,4-5,9,12H2. The van der Waals surface area contributed by atoms with Crippen molar-refractivity contribution in [3.63, 3.8) is 0 Å². The summed E-state index contributed by atoms with van der Waals surface area (Å²) in [5.41, 5.74) is 2.29. The molecule has 0 spiro atoms. The zero-order valence-corrected chi connectivity index (χ0v) is 17.3. The molecule has 0 bridgehead atoms. The lowest BCUT2D eigenvalue weighted by Crippen LogP contribution is -2.25. The molecule has 2 aliphatic rings. The minimum Gasteiger partial charge on any atom is -0.489 e. The number of fused-ring (bicyclic) bond motifs is 3. The highest BCUT2D eigenvalue weighted by Gasteiger charge is 2.30. The molecule has 0 amide bonds. The molecule has 2 aromatic heterocycles. The van der Waals surface area contributed by atoms with E-state index in [0.29, 0.717) is 17.5 Å². The highest BCUT2D eigenvalue weighted by molar-refractivity contribution is 6.30. The van der Waals surface area contributed by atoms with Crippen molar-refractivity contribution in [2.24, 2.45) is 0 Å². The van der Waals surface area contributed by atoms with Crippen molar-refractivity contribution in [1.82, 2.24) is 25.1 Å². The fraction of sp³-hybridized carbons (Fsp3) is 0.381. The summed E-state index contributed by atoms with van der Waals surface area (Å²) in [5.74, 6) is 3.07. The second kappa shape index (κ2) is 7.94. The summed E-state index contributed by atoms with van der Waals surface area (Å²) in [7, 11) is 0. The van der Waals surface area contributed by atoms with Crippen LogP contribution in [0.15, 0.2) is 36.7 Å². The van der Waals surface area contributed by atoms with Crippen molar-refractivity contribution in [2.45, 2.75) is 50.8 Å². The average Bonchev–Trinajstić information content (AvgIpc) is 3.04. The fourth-order valence-corrected chi connectivity index (χ4v) is 4.64. The van der Waals surface area contributed by atoms with E-state index >= 15 is 0 Å². The normalized spacial score (nSPS) is 21.2. The summed E-state index contributed by atoms with van der Waals surface area (Å²) in [6.45, 7) is 1.46. The molecule has 5 rings (SSSR count). The van der Waals surface area contributed by atoms with Crippen molar-refractivity contribution in [3.8, 4) is 11.4 Å². The van der Waals surface area contributed by atoms with Gasteiger partial charge in [-0.05, 0) is 49.4 Å². The van der Waals surface area contributed by atoms with Crippen LogP contribution >= 0.6 is 23.2 Å². The van der Waals surface area contributed by atoms with Gasteiger partial charge in [-0.3, -0.25) is 9.55 Å². The van der Waals surface area contributed by atoms with Crippen LogP contribution in [0.25, 0.3) is 5.69 Å². The van der Waals surface area contributed by atoms with E-state index in [2.05, 4.69) is 31.1 Å². The van der Waals surface area contributed by atoms with Crippen molar-refractivity contribution in [2.75, 3.05) is 0 Å². The average molecular weight is 430 g/mol. The van der Waals surface area contributed by atoms with Crippen molar-refractivity contribution >= 4 is 23.2 Å². The Morgan fingerprint density at radius 3 is 2.66 bits per heavy atom. The molecule has 1 fully saturated rings. The van der Waals surface area contributed by atoms with Crippen molar-refractivity contribution < 1.29 is 4.74 Å². The van der Waals surface area contributed by atoms with E-state index in [1.165, 1.54) is 5.56 Å². The molecule has 1 aliphatic heterocycles. The number of pyridine rings is 1. The molecule has 150 valence electrons. The van der Waals surface area contributed by atoms with Crippen LogP contribution in [0.3, 0.4) is 0 Å². The fourth-order valence-electron chi connectivity index (χ4n) is 4.28. The van der Waals surface area contributed by atoms with Crippen LogP contribution < -0.4 is 10.1 Å². The second-order valence-corrected chi connectivity index (χ2v) is 8.49. The van der Waals surface area contributed by atoms with Crippen LogP contribution in [0.4, 0.5) is 0 Å². The van der Waals surface area contributed by atoms with Crippen LogP contribution in [0, 0.1) is 0 Å². The Balaban J connectivity index is 1.35. The SMILES string of the molecule is Clc1cncc(OC2CCC(c3nnc4n3-c3ccc(Cl)cc3CNC4)CC2)c1. The lowest BCUT2D eigenvalue weighted by atomic mass is 9.86. The Labute approximate surface area is 179 Å². The van der Waals surface area contributed by atoms with Gasteiger partial charge in [0.1, 0.15) is 11.6 Å². The summed E-state index contributed by atoms with van der Waals surface area (Å²) in [4.78, 5) is 4.10. The van der Waals surface area contributed by atoms with Gasteiger partial charge in [-0.15, -0.1) is 10.2 Å². The highest BCUT2D eigenvalue weighted by atomic mass is 35.5. The number of rotatable bonds is 3. The van der Waals surface area contributed by atoms with Gasteiger partial charge in [-0.1, -0.05) is 23.2 Å². The quantitative estimate of drug-likeness (QED) is 0.654. The molecule has 1 aromatic carbocycles. The summed E-state index contributed by atoms with van der Waals surface area (Å²) >= 11 is 12.2. The molecule has 0 radical (unpaired) electrons. The number of benzene rings is 1. The van der Waals surface area contributed by atoms with E-state index in [1.807, 2.05) is 18.2 Å². The third kappa shape index (κ3) is 3.84. The smallest absolute Gasteiger partial charge is 0.151 e. The largest absolute Gasteiger partial charge is 0.489 e. The Bertz CT molecular complexity index is 1030. The first-order chi connectivity index (χ1) is 14.2. The molecule has 1 aliphatic carbocycles. The first kappa shape index (κ1) is 18.9. The molecule has 0 saturated heterocycles. The van der Waals surface area contributed by atoms with Crippen LogP contribution in [-0.4, -0.2) is 25.9 Å². The number of nitrogens with zero attached hydrogens (tertiary/aromatic N) is 4. The van der Waals surface area contributed by atoms with Gasteiger partial charge in [-0.2, -0.15) is 0 Å². The first-order valence-electron chi connectivity index (χ1n) is 9.88. The third-order valence-electron chi connectivity index (χ3n) is 5.66. The molecule has 8 heteroatoms. The Hall–Kier alpha value is -2.15. The molecular weight excluding hydrogens is 409 g/mol. The van der Waals surface area contributed by atoms with Gasteiger partial charge in [0.25, 0.3) is 0 Å². The number of hydrogen-bond acceptors (Lipinski definition) is 5. The second-order valence-electron chi connectivity index (χ2n) is 7.62. The maximum Gasteiger partial charge on any atom is 0.151 e. The topological polar surface area (TPSA) is 64.9 Å². The molecule has 6 nitrogen and oxygen atoms in total. The minimum atomic E-state index is 0.172. The van der Waals surface area contributed by atoms with Crippen molar-refractivity contribution in [3.05, 3.63) is 63.9 Å². The molecule has 1 saturated carbocycles. The maximum atomic E-state index is 6.22. The lowest BCUT2D eigenvalue weighted by molar-refractivity contribution is 0.144. The van der Waals surface area contributed by atoms with Crippen LogP contribution in [0.1, 0.15) is 48.8 Å². The summed E-state index contributed by atoms with van der Waals surface area (Å²) in [6.07, 6.45) is 7.44. The van der Waals surface area contributed by atoms with Gasteiger partial charge >= 0.3 is 0 Å². The van der Waals surface area contributed by atoms with Crippen LogP contribution in [0.2, 0.25) is 10.0 Å². The van der Waals surface area contributed by atoms with E-state index in [1.54, 1.807) is 12.4 Å². The van der Waals surface area contributed by atoms with Gasteiger partial charge in [0.05, 0.1) is 29.6 Å². The first-order valence-corrected chi connectivity index (χ1v) is 10.6. The predicted molar refractivity (Wildman–Crippen MR) is 112 cm³/mol. The molecule has 3 heterocycles.